The van der Waals surface area contributed by atoms with Gasteiger partial charge in [-0.1, -0.05) is 0 Å². The molecule has 23 heavy (non-hydrogen) atoms. The standard InChI is InChI=1S/C15H26N2O6/c1-3-23-10-4-9-16-13(19)7-8-14(20)17-12(15(21)22)6-5-11(2)18/h12H,3-10H2,1-2H3,(H,16,19)(H,17,20)(H,21,22)/t12-/m0/s1. The van der Waals surface area contributed by atoms with Crippen LogP contribution >= 0.6 is 0 Å². The maximum atomic E-state index is 11.7. The van der Waals surface area contributed by atoms with Crippen LogP contribution in [0.4, 0.5) is 0 Å². The van der Waals surface area contributed by atoms with Gasteiger partial charge in [-0.15, -0.1) is 0 Å². The number of hydrogen-bond donors (Lipinski definition) is 3. The van der Waals surface area contributed by atoms with Crippen LogP contribution in [0.15, 0.2) is 0 Å². The van der Waals surface area contributed by atoms with Crippen LogP contribution < -0.4 is 10.6 Å². The molecule has 0 spiro atoms. The summed E-state index contributed by atoms with van der Waals surface area (Å²) in [5.74, 6) is -2.13. The molecule has 0 unspecified atom stereocenters. The second-order valence-electron chi connectivity index (χ2n) is 5.10. The van der Waals surface area contributed by atoms with Gasteiger partial charge in [0.15, 0.2) is 0 Å². The molecule has 0 aliphatic heterocycles. The molecule has 0 rings (SSSR count). The third-order valence-electron chi connectivity index (χ3n) is 2.99. The molecule has 0 heterocycles. The molecular weight excluding hydrogens is 304 g/mol. The van der Waals surface area contributed by atoms with Crippen molar-refractivity contribution in [2.75, 3.05) is 19.8 Å². The topological polar surface area (TPSA) is 122 Å². The maximum absolute atomic E-state index is 11.7. The number of nitrogens with one attached hydrogen (secondary N) is 2. The Kier molecular flexibility index (Phi) is 11.5. The summed E-state index contributed by atoms with van der Waals surface area (Å²) in [5, 5.41) is 14.0. The van der Waals surface area contributed by atoms with E-state index in [0.29, 0.717) is 26.2 Å². The molecule has 0 radical (unpaired) electrons. The Morgan fingerprint density at radius 1 is 1.09 bits per heavy atom. The first-order valence-electron chi connectivity index (χ1n) is 7.72. The Morgan fingerprint density at radius 3 is 2.30 bits per heavy atom. The van der Waals surface area contributed by atoms with Crippen molar-refractivity contribution in [3.8, 4) is 0 Å². The number of amides is 2. The van der Waals surface area contributed by atoms with Gasteiger partial charge in [0, 0.05) is 39.0 Å². The van der Waals surface area contributed by atoms with Crippen molar-refractivity contribution in [2.24, 2.45) is 0 Å². The van der Waals surface area contributed by atoms with E-state index in [0.717, 1.165) is 0 Å². The van der Waals surface area contributed by atoms with Crippen LogP contribution in [0.25, 0.3) is 0 Å². The molecule has 2 amide bonds. The largest absolute Gasteiger partial charge is 0.480 e. The van der Waals surface area contributed by atoms with Crippen molar-refractivity contribution < 1.29 is 29.0 Å². The summed E-state index contributed by atoms with van der Waals surface area (Å²) in [5.41, 5.74) is 0. The van der Waals surface area contributed by atoms with Gasteiger partial charge in [0.2, 0.25) is 11.8 Å². The van der Waals surface area contributed by atoms with Crippen molar-refractivity contribution in [3.05, 3.63) is 0 Å². The van der Waals surface area contributed by atoms with Crippen LogP contribution in [-0.4, -0.2) is 54.5 Å². The van der Waals surface area contributed by atoms with Gasteiger partial charge in [0.05, 0.1) is 0 Å². The number of ether oxygens (including phenoxy) is 1. The molecule has 1 atom stereocenters. The highest BCUT2D eigenvalue weighted by molar-refractivity contribution is 5.87. The molecule has 0 aliphatic carbocycles. The number of rotatable bonds is 13. The lowest BCUT2D eigenvalue weighted by molar-refractivity contribution is -0.142. The number of carbonyl (C=O) groups excluding carboxylic acids is 3. The van der Waals surface area contributed by atoms with Gasteiger partial charge in [-0.05, 0) is 26.7 Å². The van der Waals surface area contributed by atoms with Crippen molar-refractivity contribution in [2.45, 2.75) is 52.0 Å². The molecule has 0 saturated carbocycles. The fourth-order valence-corrected chi connectivity index (χ4v) is 1.73. The highest BCUT2D eigenvalue weighted by Gasteiger charge is 2.20. The summed E-state index contributed by atoms with van der Waals surface area (Å²) in [7, 11) is 0. The van der Waals surface area contributed by atoms with Crippen LogP contribution in [-0.2, 0) is 23.9 Å². The zero-order valence-corrected chi connectivity index (χ0v) is 13.7. The number of hydrogen-bond acceptors (Lipinski definition) is 5. The average Bonchev–Trinajstić information content (AvgIpc) is 2.48. The molecule has 3 N–H and O–H groups in total. The molecule has 8 nitrogen and oxygen atoms in total. The molecule has 0 aromatic carbocycles. The average molecular weight is 330 g/mol. The third kappa shape index (κ3) is 12.3. The van der Waals surface area contributed by atoms with E-state index >= 15 is 0 Å². The van der Waals surface area contributed by atoms with Crippen molar-refractivity contribution in [1.29, 1.82) is 0 Å². The van der Waals surface area contributed by atoms with Gasteiger partial charge >= 0.3 is 5.97 Å². The first kappa shape index (κ1) is 21.0. The predicted molar refractivity (Wildman–Crippen MR) is 82.8 cm³/mol. The SMILES string of the molecule is CCOCCCNC(=O)CCC(=O)N[C@@H](CCC(C)=O)C(=O)O. The van der Waals surface area contributed by atoms with Crippen molar-refractivity contribution in [1.82, 2.24) is 10.6 Å². The van der Waals surface area contributed by atoms with Crippen LogP contribution in [0, 0.1) is 0 Å². The summed E-state index contributed by atoms with van der Waals surface area (Å²) in [6.07, 6.45) is 0.705. The Morgan fingerprint density at radius 2 is 1.74 bits per heavy atom. The monoisotopic (exact) mass is 330 g/mol. The quantitative estimate of drug-likeness (QED) is 0.416. The van der Waals surface area contributed by atoms with E-state index in [1.165, 1.54) is 6.92 Å². The Labute approximate surface area is 136 Å². The Hall–Kier alpha value is -1.96. The summed E-state index contributed by atoms with van der Waals surface area (Å²) < 4.78 is 5.12. The van der Waals surface area contributed by atoms with Crippen LogP contribution in [0.3, 0.4) is 0 Å². The molecule has 132 valence electrons. The van der Waals surface area contributed by atoms with Crippen molar-refractivity contribution in [3.63, 3.8) is 0 Å². The molecule has 8 heteroatoms. The van der Waals surface area contributed by atoms with Crippen LogP contribution in [0.2, 0.25) is 0 Å². The molecule has 0 aliphatic rings. The van der Waals surface area contributed by atoms with E-state index in [-0.39, 0.29) is 37.4 Å². The molecule has 0 aromatic rings. The highest BCUT2D eigenvalue weighted by atomic mass is 16.5. The van der Waals surface area contributed by atoms with Crippen LogP contribution in [0.1, 0.15) is 46.0 Å². The second kappa shape index (κ2) is 12.6. The molecule has 0 bridgehead atoms. The minimum Gasteiger partial charge on any atom is -0.480 e. The van der Waals surface area contributed by atoms with Gasteiger partial charge < -0.3 is 25.3 Å². The molecule has 0 fully saturated rings. The summed E-state index contributed by atoms with van der Waals surface area (Å²) in [4.78, 5) is 45.1. The van der Waals surface area contributed by atoms with Crippen molar-refractivity contribution >= 4 is 23.6 Å². The van der Waals surface area contributed by atoms with Gasteiger partial charge in [-0.25, -0.2) is 4.79 Å². The number of carboxylic acid groups (broad SMARTS) is 1. The highest BCUT2D eigenvalue weighted by Crippen LogP contribution is 2.00. The number of ketones is 1. The normalized spacial score (nSPS) is 11.6. The first-order chi connectivity index (χ1) is 10.9. The maximum Gasteiger partial charge on any atom is 0.326 e. The fourth-order valence-electron chi connectivity index (χ4n) is 1.73. The Bertz CT molecular complexity index is 411. The van der Waals surface area contributed by atoms with Gasteiger partial charge in [0.25, 0.3) is 0 Å². The lowest BCUT2D eigenvalue weighted by Crippen LogP contribution is -2.41. The Balaban J connectivity index is 3.95. The molecule has 0 aromatic heterocycles. The van der Waals surface area contributed by atoms with E-state index in [4.69, 9.17) is 9.84 Å². The van der Waals surface area contributed by atoms with E-state index in [9.17, 15) is 19.2 Å². The minimum atomic E-state index is -1.19. The van der Waals surface area contributed by atoms with E-state index in [1.807, 2.05) is 6.92 Å². The number of aliphatic carboxylic acids is 1. The van der Waals surface area contributed by atoms with Gasteiger partial charge in [-0.2, -0.15) is 0 Å². The van der Waals surface area contributed by atoms with E-state index in [2.05, 4.69) is 10.6 Å². The second-order valence-corrected chi connectivity index (χ2v) is 5.10. The number of carboxylic acids is 1. The first-order valence-corrected chi connectivity index (χ1v) is 7.72. The summed E-state index contributed by atoms with van der Waals surface area (Å²) in [6, 6.07) is -1.11. The van der Waals surface area contributed by atoms with Crippen LogP contribution in [0.5, 0.6) is 0 Å². The summed E-state index contributed by atoms with van der Waals surface area (Å²) in [6.45, 7) is 4.90. The van der Waals surface area contributed by atoms with E-state index < -0.39 is 17.9 Å². The predicted octanol–water partition coefficient (Wildman–Crippen LogP) is 0.248. The van der Waals surface area contributed by atoms with Gasteiger partial charge in [-0.3, -0.25) is 9.59 Å². The minimum absolute atomic E-state index is 0.0144. The third-order valence-corrected chi connectivity index (χ3v) is 2.99. The molecular formula is C15H26N2O6. The zero-order chi connectivity index (χ0) is 17.7. The van der Waals surface area contributed by atoms with Gasteiger partial charge in [0.1, 0.15) is 11.8 Å². The smallest absolute Gasteiger partial charge is 0.326 e. The lowest BCUT2D eigenvalue weighted by Gasteiger charge is -2.13. The lowest BCUT2D eigenvalue weighted by atomic mass is 10.1. The van der Waals surface area contributed by atoms with E-state index in [1.54, 1.807) is 0 Å². The summed E-state index contributed by atoms with van der Waals surface area (Å²) >= 11 is 0. The number of Topliss-reactive ketones (excluding diaryl/α,β-unsaturated/α-hetero) is 1. The molecule has 0 saturated heterocycles. The fraction of sp³-hybridized carbons (Fsp3) is 0.733. The number of carbonyl (C=O) groups is 4. The zero-order valence-electron chi connectivity index (χ0n) is 13.7.